The molecule has 2 aliphatic rings. The Balaban J connectivity index is 2.49. The Bertz CT molecular complexity index is 323. The summed E-state index contributed by atoms with van der Waals surface area (Å²) in [5.74, 6) is 0. The van der Waals surface area contributed by atoms with Crippen LogP contribution in [0.4, 0.5) is 0 Å². The van der Waals surface area contributed by atoms with Gasteiger partial charge in [-0.05, 0) is 26.8 Å². The first-order valence-electron chi connectivity index (χ1n) is 5.02. The molecule has 0 bridgehead atoms. The number of hydrogen-bond acceptors (Lipinski definition) is 3. The molecule has 0 aromatic carbocycles. The second-order valence-corrected chi connectivity index (χ2v) is 4.58. The molecule has 1 unspecified atom stereocenters. The Kier molecular flexibility index (Phi) is 1.80. The predicted octanol–water partition coefficient (Wildman–Crippen LogP) is 1.66. The third kappa shape index (κ3) is 0.836. The van der Waals surface area contributed by atoms with Gasteiger partial charge in [-0.15, -0.1) is 0 Å². The van der Waals surface area contributed by atoms with Crippen molar-refractivity contribution in [1.82, 2.24) is 5.01 Å². The number of hydrazone groups is 1. The van der Waals surface area contributed by atoms with Crippen molar-refractivity contribution in [1.29, 1.82) is 0 Å². The first kappa shape index (κ1) is 9.71. The lowest BCUT2D eigenvalue weighted by Gasteiger charge is -2.41. The lowest BCUT2D eigenvalue weighted by Crippen LogP contribution is -2.51. The maximum absolute atomic E-state index is 5.64. The van der Waals surface area contributed by atoms with E-state index >= 15 is 0 Å². The molecule has 0 saturated carbocycles. The molecule has 0 aromatic rings. The van der Waals surface area contributed by atoms with Gasteiger partial charge in [0, 0.05) is 14.2 Å². The Hall–Kier alpha value is -0.830. The van der Waals surface area contributed by atoms with E-state index in [0.29, 0.717) is 6.04 Å². The van der Waals surface area contributed by atoms with Crippen molar-refractivity contribution in [2.45, 2.75) is 32.4 Å². The van der Waals surface area contributed by atoms with Crippen LogP contribution in [0.5, 0.6) is 0 Å². The maximum atomic E-state index is 5.64. The minimum atomic E-state index is -0.226. The van der Waals surface area contributed by atoms with Crippen molar-refractivity contribution in [3.05, 3.63) is 12.2 Å². The van der Waals surface area contributed by atoms with E-state index in [1.165, 1.54) is 0 Å². The van der Waals surface area contributed by atoms with Crippen LogP contribution in [0.3, 0.4) is 0 Å². The average Bonchev–Trinajstić information content (AvgIpc) is 2.54. The zero-order valence-corrected chi connectivity index (χ0v) is 9.53. The lowest BCUT2D eigenvalue weighted by atomic mass is 9.71. The van der Waals surface area contributed by atoms with E-state index in [1.807, 2.05) is 12.1 Å². The van der Waals surface area contributed by atoms with Crippen LogP contribution >= 0.6 is 0 Å². The Labute approximate surface area is 85.4 Å². The summed E-state index contributed by atoms with van der Waals surface area (Å²) in [5, 5.41) is 6.55. The summed E-state index contributed by atoms with van der Waals surface area (Å²) < 4.78 is 5.64. The first-order chi connectivity index (χ1) is 6.45. The zero-order valence-electron chi connectivity index (χ0n) is 9.53. The molecule has 1 aliphatic heterocycles. The highest BCUT2D eigenvalue weighted by molar-refractivity contribution is 6.05. The van der Waals surface area contributed by atoms with Gasteiger partial charge < -0.3 is 4.74 Å². The molecule has 0 N–H and O–H groups in total. The highest BCUT2D eigenvalue weighted by atomic mass is 16.5. The molecule has 0 fully saturated rings. The van der Waals surface area contributed by atoms with Gasteiger partial charge in [0.05, 0.1) is 22.8 Å². The summed E-state index contributed by atoms with van der Waals surface area (Å²) in [6.07, 6.45) is 4.21. The van der Waals surface area contributed by atoms with E-state index in [0.717, 1.165) is 5.71 Å². The summed E-state index contributed by atoms with van der Waals surface area (Å²) in [7, 11) is 3.79. The topological polar surface area (TPSA) is 24.8 Å². The van der Waals surface area contributed by atoms with Crippen LogP contribution in [-0.4, -0.2) is 36.5 Å². The van der Waals surface area contributed by atoms with Crippen LogP contribution in [0.25, 0.3) is 0 Å². The quantitative estimate of drug-likeness (QED) is 0.634. The van der Waals surface area contributed by atoms with Gasteiger partial charge in [0.15, 0.2) is 0 Å². The summed E-state index contributed by atoms with van der Waals surface area (Å²) in [4.78, 5) is 0. The van der Waals surface area contributed by atoms with E-state index in [4.69, 9.17) is 4.74 Å². The van der Waals surface area contributed by atoms with Gasteiger partial charge in [-0.25, -0.2) is 0 Å². The van der Waals surface area contributed by atoms with Gasteiger partial charge in [0.2, 0.25) is 0 Å². The van der Waals surface area contributed by atoms with Gasteiger partial charge in [-0.1, -0.05) is 6.08 Å². The highest BCUT2D eigenvalue weighted by Crippen LogP contribution is 2.49. The van der Waals surface area contributed by atoms with E-state index in [2.05, 4.69) is 38.0 Å². The van der Waals surface area contributed by atoms with Gasteiger partial charge in [-0.2, -0.15) is 5.10 Å². The van der Waals surface area contributed by atoms with Gasteiger partial charge >= 0.3 is 0 Å². The average molecular weight is 194 g/mol. The maximum Gasteiger partial charge on any atom is 0.0964 e. The van der Waals surface area contributed by atoms with Crippen molar-refractivity contribution >= 4 is 5.71 Å². The predicted molar refractivity (Wildman–Crippen MR) is 57.3 cm³/mol. The Morgan fingerprint density at radius 3 is 2.71 bits per heavy atom. The molecule has 3 heteroatoms. The van der Waals surface area contributed by atoms with Gasteiger partial charge in [0.25, 0.3) is 0 Å². The van der Waals surface area contributed by atoms with E-state index in [9.17, 15) is 0 Å². The molecule has 14 heavy (non-hydrogen) atoms. The minimum absolute atomic E-state index is 0.0174. The van der Waals surface area contributed by atoms with E-state index < -0.39 is 0 Å². The molecule has 3 nitrogen and oxygen atoms in total. The van der Waals surface area contributed by atoms with Crippen molar-refractivity contribution < 1.29 is 4.74 Å². The van der Waals surface area contributed by atoms with Crippen LogP contribution in [0.2, 0.25) is 0 Å². The van der Waals surface area contributed by atoms with E-state index in [1.54, 1.807) is 7.11 Å². The van der Waals surface area contributed by atoms with E-state index in [-0.39, 0.29) is 11.0 Å². The van der Waals surface area contributed by atoms with Gasteiger partial charge in [-0.3, -0.25) is 5.01 Å². The van der Waals surface area contributed by atoms with Crippen LogP contribution in [0.15, 0.2) is 17.3 Å². The van der Waals surface area contributed by atoms with Gasteiger partial charge in [0.1, 0.15) is 0 Å². The molecule has 0 aromatic heterocycles. The van der Waals surface area contributed by atoms with Crippen LogP contribution in [-0.2, 0) is 4.74 Å². The van der Waals surface area contributed by atoms with Crippen molar-refractivity contribution in [2.75, 3.05) is 14.2 Å². The number of ether oxygens (including phenoxy) is 1. The highest BCUT2D eigenvalue weighted by Gasteiger charge is 2.57. The molecule has 0 saturated heterocycles. The fourth-order valence-electron chi connectivity index (χ4n) is 2.51. The molecule has 1 aliphatic carbocycles. The molecular weight excluding hydrogens is 176 g/mol. The monoisotopic (exact) mass is 194 g/mol. The molecule has 1 heterocycles. The smallest absolute Gasteiger partial charge is 0.0964 e. The molecule has 3 atom stereocenters. The van der Waals surface area contributed by atoms with Crippen molar-refractivity contribution in [2.24, 2.45) is 10.5 Å². The number of hydrogen-bond donors (Lipinski definition) is 0. The molecule has 0 radical (unpaired) electrons. The normalized spacial score (nSPS) is 45.6. The summed E-state index contributed by atoms with van der Waals surface area (Å²) in [6, 6.07) is 0.373. The SMILES string of the molecule is COC1(C)C=CC2=NN(C)[C@H](C)[C@@]21C. The molecular formula is C11H18N2O. The summed E-state index contributed by atoms with van der Waals surface area (Å²) >= 11 is 0. The van der Waals surface area contributed by atoms with Crippen molar-refractivity contribution in [3.8, 4) is 0 Å². The number of methoxy groups -OCH3 is 1. The zero-order chi connectivity index (χ0) is 10.6. The Morgan fingerprint density at radius 2 is 2.14 bits per heavy atom. The summed E-state index contributed by atoms with van der Waals surface area (Å²) in [6.45, 7) is 6.55. The minimum Gasteiger partial charge on any atom is -0.373 e. The third-order valence-corrected chi connectivity index (χ3v) is 4.21. The van der Waals surface area contributed by atoms with Crippen molar-refractivity contribution in [3.63, 3.8) is 0 Å². The second kappa shape index (κ2) is 2.60. The second-order valence-electron chi connectivity index (χ2n) is 4.58. The first-order valence-corrected chi connectivity index (χ1v) is 5.02. The third-order valence-electron chi connectivity index (χ3n) is 4.21. The number of allylic oxidation sites excluding steroid dienone is 1. The van der Waals surface area contributed by atoms with Crippen LogP contribution < -0.4 is 0 Å². The largest absolute Gasteiger partial charge is 0.373 e. The fourth-order valence-corrected chi connectivity index (χ4v) is 2.51. The molecule has 78 valence electrons. The summed E-state index contributed by atoms with van der Waals surface area (Å²) in [5.41, 5.74) is 0.892. The van der Waals surface area contributed by atoms with Crippen LogP contribution in [0.1, 0.15) is 20.8 Å². The fraction of sp³-hybridized carbons (Fsp3) is 0.727. The van der Waals surface area contributed by atoms with Crippen LogP contribution in [0, 0.1) is 5.41 Å². The molecule has 2 rings (SSSR count). The number of nitrogens with zero attached hydrogens (tertiary/aromatic N) is 2. The number of rotatable bonds is 1. The standard InChI is InChI=1S/C11H18N2O/c1-8-11(3)9(12-13(8)4)6-7-10(11,2)14-5/h6-8H,1-5H3/t8-,10?,11+/m1/s1. The number of fused-ring (bicyclic) bond motifs is 1. The lowest BCUT2D eigenvalue weighted by molar-refractivity contribution is -0.0393. The molecule has 0 amide bonds. The Morgan fingerprint density at radius 1 is 1.50 bits per heavy atom. The molecule has 0 spiro atoms.